The highest BCUT2D eigenvalue weighted by molar-refractivity contribution is 14.1. The van der Waals surface area contributed by atoms with E-state index < -0.39 is 0 Å². The normalized spacial score (nSPS) is 21.1. The van der Waals surface area contributed by atoms with Crippen LogP contribution in [0.2, 0.25) is 0 Å². The molecule has 0 aromatic heterocycles. The maximum Gasteiger partial charge on any atom is 0.122 e. The lowest BCUT2D eigenvalue weighted by atomic mass is 9.75. The Morgan fingerprint density at radius 1 is 1.10 bits per heavy atom. The van der Waals surface area contributed by atoms with Crippen molar-refractivity contribution in [1.29, 1.82) is 0 Å². The van der Waals surface area contributed by atoms with Gasteiger partial charge in [-0.05, 0) is 71.2 Å². The van der Waals surface area contributed by atoms with Gasteiger partial charge in [-0.3, -0.25) is 0 Å². The molecule has 2 aromatic carbocycles. The van der Waals surface area contributed by atoms with Crippen molar-refractivity contribution < 1.29 is 4.74 Å². The third kappa shape index (κ3) is 2.92. The first-order valence-corrected chi connectivity index (χ1v) is 7.99. The Balaban J connectivity index is 1.61. The standard InChI is InChI=1S/C17H18INO/c1-20-17-8-3-2-7-16(17)12-9-15(10-12)19-14-6-4-5-13(18)11-14/h2-8,11-12,15,19H,9-10H2,1H3. The van der Waals surface area contributed by atoms with Gasteiger partial charge in [-0.2, -0.15) is 0 Å². The lowest BCUT2D eigenvalue weighted by molar-refractivity contribution is 0.350. The largest absolute Gasteiger partial charge is 0.496 e. The van der Waals surface area contributed by atoms with Gasteiger partial charge in [0.25, 0.3) is 0 Å². The van der Waals surface area contributed by atoms with Crippen molar-refractivity contribution in [2.24, 2.45) is 0 Å². The first kappa shape index (κ1) is 13.7. The van der Waals surface area contributed by atoms with Crippen LogP contribution in [0.25, 0.3) is 0 Å². The summed E-state index contributed by atoms with van der Waals surface area (Å²) >= 11 is 2.35. The number of para-hydroxylation sites is 1. The molecule has 0 amide bonds. The van der Waals surface area contributed by atoms with Gasteiger partial charge in [0, 0.05) is 15.3 Å². The molecule has 1 aliphatic rings. The molecule has 1 fully saturated rings. The van der Waals surface area contributed by atoms with Gasteiger partial charge < -0.3 is 10.1 Å². The number of nitrogens with one attached hydrogen (secondary N) is 1. The van der Waals surface area contributed by atoms with E-state index in [9.17, 15) is 0 Å². The molecule has 20 heavy (non-hydrogen) atoms. The Morgan fingerprint density at radius 3 is 2.65 bits per heavy atom. The Kier molecular flexibility index (Phi) is 4.15. The second-order valence-electron chi connectivity index (χ2n) is 5.26. The maximum atomic E-state index is 5.45. The molecule has 1 N–H and O–H groups in total. The van der Waals surface area contributed by atoms with Crippen molar-refractivity contribution in [3.63, 3.8) is 0 Å². The van der Waals surface area contributed by atoms with Crippen molar-refractivity contribution in [3.05, 3.63) is 57.7 Å². The quantitative estimate of drug-likeness (QED) is 0.781. The zero-order valence-corrected chi connectivity index (χ0v) is 13.6. The minimum atomic E-state index is 0.572. The van der Waals surface area contributed by atoms with E-state index in [0.29, 0.717) is 12.0 Å². The minimum absolute atomic E-state index is 0.572. The highest BCUT2D eigenvalue weighted by Gasteiger charge is 2.31. The van der Waals surface area contributed by atoms with Gasteiger partial charge in [0.1, 0.15) is 5.75 Å². The molecule has 0 aliphatic heterocycles. The van der Waals surface area contributed by atoms with Crippen LogP contribution in [0.15, 0.2) is 48.5 Å². The molecule has 0 atom stereocenters. The number of ether oxygens (including phenoxy) is 1. The maximum absolute atomic E-state index is 5.45. The Morgan fingerprint density at radius 2 is 1.90 bits per heavy atom. The van der Waals surface area contributed by atoms with Crippen LogP contribution < -0.4 is 10.1 Å². The number of rotatable bonds is 4. The van der Waals surface area contributed by atoms with Crippen LogP contribution in [0.3, 0.4) is 0 Å². The van der Waals surface area contributed by atoms with Gasteiger partial charge in [0.05, 0.1) is 7.11 Å². The summed E-state index contributed by atoms with van der Waals surface area (Å²) in [5.41, 5.74) is 2.57. The monoisotopic (exact) mass is 379 g/mol. The Labute approximate surface area is 133 Å². The molecule has 2 nitrogen and oxygen atoms in total. The molecule has 104 valence electrons. The Bertz CT molecular complexity index is 593. The number of hydrogen-bond donors (Lipinski definition) is 1. The summed E-state index contributed by atoms with van der Waals surface area (Å²) in [6, 6.07) is 17.5. The first-order chi connectivity index (χ1) is 9.76. The van der Waals surface area contributed by atoms with Crippen molar-refractivity contribution in [2.75, 3.05) is 12.4 Å². The number of methoxy groups -OCH3 is 1. The van der Waals surface area contributed by atoms with Crippen molar-refractivity contribution >= 4 is 28.3 Å². The van der Waals surface area contributed by atoms with E-state index in [0.717, 1.165) is 5.75 Å². The summed E-state index contributed by atoms with van der Waals surface area (Å²) in [6.45, 7) is 0. The molecule has 0 bridgehead atoms. The van der Waals surface area contributed by atoms with Gasteiger partial charge >= 0.3 is 0 Å². The van der Waals surface area contributed by atoms with E-state index >= 15 is 0 Å². The molecule has 1 aliphatic carbocycles. The van der Waals surface area contributed by atoms with Crippen molar-refractivity contribution in [3.8, 4) is 5.75 Å². The van der Waals surface area contributed by atoms with Crippen molar-refractivity contribution in [1.82, 2.24) is 0 Å². The predicted octanol–water partition coefficient (Wildman–Crippen LogP) is 4.66. The lowest BCUT2D eigenvalue weighted by Crippen LogP contribution is -2.34. The fourth-order valence-electron chi connectivity index (χ4n) is 2.81. The highest BCUT2D eigenvalue weighted by Crippen LogP contribution is 2.42. The molecule has 3 heteroatoms. The summed E-state index contributed by atoms with van der Waals surface area (Å²) in [5.74, 6) is 1.64. The highest BCUT2D eigenvalue weighted by atomic mass is 127. The minimum Gasteiger partial charge on any atom is -0.496 e. The molecule has 3 rings (SSSR count). The van der Waals surface area contributed by atoms with Crippen molar-refractivity contribution in [2.45, 2.75) is 24.8 Å². The van der Waals surface area contributed by atoms with Crippen LogP contribution in [0, 0.1) is 3.57 Å². The van der Waals surface area contributed by atoms with E-state index in [1.807, 2.05) is 6.07 Å². The molecular formula is C17H18INO. The van der Waals surface area contributed by atoms with Crippen LogP contribution >= 0.6 is 22.6 Å². The van der Waals surface area contributed by atoms with Crippen LogP contribution in [0.1, 0.15) is 24.3 Å². The van der Waals surface area contributed by atoms with E-state index in [2.05, 4.69) is 70.4 Å². The van der Waals surface area contributed by atoms with Crippen LogP contribution in [-0.2, 0) is 0 Å². The first-order valence-electron chi connectivity index (χ1n) is 6.91. The van der Waals surface area contributed by atoms with Gasteiger partial charge in [-0.25, -0.2) is 0 Å². The van der Waals surface area contributed by atoms with E-state index in [-0.39, 0.29) is 0 Å². The summed E-state index contributed by atoms with van der Waals surface area (Å²) in [7, 11) is 1.75. The topological polar surface area (TPSA) is 21.3 Å². The number of benzene rings is 2. The van der Waals surface area contributed by atoms with Crippen LogP contribution in [0.4, 0.5) is 5.69 Å². The van der Waals surface area contributed by atoms with Crippen LogP contribution in [-0.4, -0.2) is 13.2 Å². The fourth-order valence-corrected chi connectivity index (χ4v) is 3.35. The van der Waals surface area contributed by atoms with E-state index in [1.54, 1.807) is 7.11 Å². The molecule has 2 aromatic rings. The second kappa shape index (κ2) is 6.04. The third-order valence-electron chi connectivity index (χ3n) is 3.91. The van der Waals surface area contributed by atoms with Crippen LogP contribution in [0.5, 0.6) is 5.75 Å². The van der Waals surface area contributed by atoms with Gasteiger partial charge in [0.2, 0.25) is 0 Å². The third-order valence-corrected chi connectivity index (χ3v) is 4.58. The summed E-state index contributed by atoms with van der Waals surface area (Å²) < 4.78 is 6.72. The summed E-state index contributed by atoms with van der Waals surface area (Å²) in [4.78, 5) is 0. The van der Waals surface area contributed by atoms with Gasteiger partial charge in [-0.1, -0.05) is 24.3 Å². The number of halogens is 1. The van der Waals surface area contributed by atoms with Gasteiger partial charge in [0.15, 0.2) is 0 Å². The molecule has 0 saturated heterocycles. The molecule has 0 spiro atoms. The fraction of sp³-hybridized carbons (Fsp3) is 0.294. The smallest absolute Gasteiger partial charge is 0.122 e. The summed E-state index contributed by atoms with van der Waals surface area (Å²) in [5, 5.41) is 3.61. The average Bonchev–Trinajstić information content (AvgIpc) is 2.42. The van der Waals surface area contributed by atoms with Gasteiger partial charge in [-0.15, -0.1) is 0 Å². The molecule has 0 heterocycles. The molecule has 1 saturated carbocycles. The molecular weight excluding hydrogens is 361 g/mol. The zero-order chi connectivity index (χ0) is 13.9. The number of anilines is 1. The van der Waals surface area contributed by atoms with E-state index in [1.165, 1.54) is 27.7 Å². The van der Waals surface area contributed by atoms with E-state index in [4.69, 9.17) is 4.74 Å². The lowest BCUT2D eigenvalue weighted by Gasteiger charge is -2.37. The SMILES string of the molecule is COc1ccccc1C1CC(Nc2cccc(I)c2)C1. The number of hydrogen-bond acceptors (Lipinski definition) is 2. The molecule has 0 unspecified atom stereocenters. The zero-order valence-electron chi connectivity index (χ0n) is 11.5. The molecule has 0 radical (unpaired) electrons. The predicted molar refractivity (Wildman–Crippen MR) is 91.5 cm³/mol. The summed E-state index contributed by atoms with van der Waals surface area (Å²) in [6.07, 6.45) is 2.34. The average molecular weight is 379 g/mol. The second-order valence-corrected chi connectivity index (χ2v) is 6.51. The Hall–Kier alpha value is -1.23.